The molecule has 2 aliphatic heterocycles. The Hall–Kier alpha value is -2.61. The quantitative estimate of drug-likeness (QED) is 0.139. The summed E-state index contributed by atoms with van der Waals surface area (Å²) in [6.45, 7) is 41.8. The fourth-order valence-electron chi connectivity index (χ4n) is 9.52. The van der Waals surface area contributed by atoms with Gasteiger partial charge in [0.1, 0.15) is 0 Å². The fourth-order valence-corrected chi connectivity index (χ4v) is 32.7. The van der Waals surface area contributed by atoms with E-state index < -0.39 is 21.5 Å². The molecule has 1 saturated heterocycles. The summed E-state index contributed by atoms with van der Waals surface area (Å²) in [6, 6.07) is 32.9. The van der Waals surface area contributed by atoms with Gasteiger partial charge >= 0.3 is 342 Å². The summed E-state index contributed by atoms with van der Waals surface area (Å²) in [5.41, 5.74) is 14.2. The Kier molecular flexibility index (Phi) is 11.2. The Labute approximate surface area is 340 Å². The third-order valence-electron chi connectivity index (χ3n) is 12.7. The zero-order valence-electron chi connectivity index (χ0n) is 37.5. The van der Waals surface area contributed by atoms with Crippen LogP contribution in [0.15, 0.2) is 90.4 Å². The van der Waals surface area contributed by atoms with E-state index in [4.69, 9.17) is 3.76 Å². The van der Waals surface area contributed by atoms with Crippen LogP contribution < -0.4 is 9.70 Å². The van der Waals surface area contributed by atoms with Crippen LogP contribution in [0.5, 0.6) is 0 Å². The topological polar surface area (TPSA) is 9.23 Å². The summed E-state index contributed by atoms with van der Waals surface area (Å²) in [6.07, 6.45) is 1.14. The molecule has 4 aromatic carbocycles. The predicted molar refractivity (Wildman–Crippen MR) is 246 cm³/mol. The van der Waals surface area contributed by atoms with Gasteiger partial charge in [-0.15, -0.1) is 0 Å². The SMILES string of the molecule is CC(C)c1cc(C(C)C)[c]([Ge]2([C](C)(C)C)[O]C(=C(c3ccccc3)c3ccccc3)P3c4c(C(C)(C)C)cc(C(C)(C)C)cc4C(C)(C)C[CH]32)c(C(C)C)c1. The molecule has 1 nitrogen and oxygen atoms in total. The minimum atomic E-state index is -3.79. The molecule has 3 unspecified atom stereocenters. The van der Waals surface area contributed by atoms with E-state index in [9.17, 15) is 0 Å². The Bertz CT molecular complexity index is 1980. The van der Waals surface area contributed by atoms with Crippen molar-refractivity contribution < 1.29 is 3.76 Å². The van der Waals surface area contributed by atoms with Gasteiger partial charge in [0.05, 0.1) is 0 Å². The van der Waals surface area contributed by atoms with E-state index in [1.807, 2.05) is 0 Å². The molecule has 0 aromatic heterocycles. The first-order valence-electron chi connectivity index (χ1n) is 21.1. The summed E-state index contributed by atoms with van der Waals surface area (Å²) in [5.74, 6) is 1.25. The number of hydrogen-bond acceptors (Lipinski definition) is 1. The van der Waals surface area contributed by atoms with Gasteiger partial charge in [0.15, 0.2) is 0 Å². The van der Waals surface area contributed by atoms with Gasteiger partial charge in [0, 0.05) is 0 Å². The van der Waals surface area contributed by atoms with Crippen LogP contribution in [-0.4, -0.2) is 18.1 Å². The van der Waals surface area contributed by atoms with Crippen molar-refractivity contribution in [3.05, 3.63) is 135 Å². The van der Waals surface area contributed by atoms with E-state index in [-0.39, 0.29) is 20.5 Å². The van der Waals surface area contributed by atoms with Crippen molar-refractivity contribution in [3.63, 3.8) is 0 Å². The van der Waals surface area contributed by atoms with Gasteiger partial charge in [-0.1, -0.05) is 0 Å². The zero-order chi connectivity index (χ0) is 40.6. The molecular formula is C52H71GeOP. The predicted octanol–water partition coefficient (Wildman–Crippen LogP) is 14.4. The summed E-state index contributed by atoms with van der Waals surface area (Å²) in [5, 5.41) is 1.61. The summed E-state index contributed by atoms with van der Waals surface area (Å²) in [7, 11) is -0.896. The third-order valence-corrected chi connectivity index (χ3v) is 30.0. The summed E-state index contributed by atoms with van der Waals surface area (Å²) in [4.78, 5) is 0. The molecule has 1 fully saturated rings. The standard InChI is InChI=1S/C52H71GeOP/c1-33(2)38-28-40(34(3)4)46(41(29-38)35(5)6)53(51(13,14)15)44-32-52(16,17)43-31-39(49(7,8)9)30-42(50(10,11)12)47(43)55(44)48(54-53)45(36-24-20-18-21-25-36)37-26-22-19-23-27-37/h18-31,33-35,44H,32H2,1-17H3. The van der Waals surface area contributed by atoms with E-state index in [2.05, 4.69) is 203 Å². The number of hydrogen-bond donors (Lipinski definition) is 0. The van der Waals surface area contributed by atoms with Gasteiger partial charge in [-0.3, -0.25) is 0 Å². The van der Waals surface area contributed by atoms with Gasteiger partial charge in [-0.05, 0) is 0 Å². The molecule has 6 rings (SSSR count). The van der Waals surface area contributed by atoms with E-state index in [0.29, 0.717) is 22.2 Å². The molecule has 4 aromatic rings. The Morgan fingerprint density at radius 3 is 1.56 bits per heavy atom. The average Bonchev–Trinajstić information content (AvgIpc) is 3.41. The van der Waals surface area contributed by atoms with Gasteiger partial charge in [0.25, 0.3) is 0 Å². The first-order chi connectivity index (χ1) is 25.4. The first-order valence-corrected chi connectivity index (χ1v) is 26.7. The molecule has 3 atom stereocenters. The molecule has 0 radical (unpaired) electrons. The fraction of sp³-hybridized carbons (Fsp3) is 0.500. The van der Waals surface area contributed by atoms with Crippen molar-refractivity contribution >= 4 is 36.8 Å². The summed E-state index contributed by atoms with van der Waals surface area (Å²) >= 11 is -3.79. The molecule has 2 aliphatic rings. The maximum absolute atomic E-state index is 8.61. The molecule has 0 saturated carbocycles. The van der Waals surface area contributed by atoms with E-state index >= 15 is 0 Å². The Morgan fingerprint density at radius 2 is 1.16 bits per heavy atom. The third kappa shape index (κ3) is 7.37. The molecule has 55 heavy (non-hydrogen) atoms. The molecule has 0 spiro atoms. The van der Waals surface area contributed by atoms with Crippen LogP contribution in [-0.2, 0) is 20.0 Å². The minimum absolute atomic E-state index is 0.0197. The van der Waals surface area contributed by atoms with Crippen molar-refractivity contribution in [2.75, 3.05) is 0 Å². The second-order valence-electron chi connectivity index (χ2n) is 21.4. The van der Waals surface area contributed by atoms with Crippen LogP contribution >= 0.6 is 7.92 Å². The van der Waals surface area contributed by atoms with Crippen LogP contribution in [0.1, 0.15) is 186 Å². The molecule has 0 amide bonds. The monoisotopic (exact) mass is 816 g/mol. The number of fused-ring (bicyclic) bond motifs is 3. The van der Waals surface area contributed by atoms with Crippen LogP contribution in [0, 0.1) is 0 Å². The Balaban J connectivity index is 1.90. The van der Waals surface area contributed by atoms with Crippen molar-refractivity contribution in [1.82, 2.24) is 0 Å². The molecule has 2 heterocycles. The van der Waals surface area contributed by atoms with Crippen molar-refractivity contribution in [1.29, 1.82) is 0 Å². The summed E-state index contributed by atoms with van der Waals surface area (Å²) < 4.78 is 10.7. The van der Waals surface area contributed by atoms with Crippen molar-refractivity contribution in [2.45, 2.75) is 167 Å². The molecule has 294 valence electrons. The van der Waals surface area contributed by atoms with E-state index in [0.717, 1.165) is 6.42 Å². The average molecular weight is 816 g/mol. The van der Waals surface area contributed by atoms with Crippen molar-refractivity contribution in [3.8, 4) is 0 Å². The Morgan fingerprint density at radius 1 is 0.673 bits per heavy atom. The van der Waals surface area contributed by atoms with E-state index in [1.54, 1.807) is 26.4 Å². The normalized spacial score (nSPS) is 21.2. The molecular weight excluding hydrogens is 744 g/mol. The van der Waals surface area contributed by atoms with Gasteiger partial charge in [-0.2, -0.15) is 0 Å². The van der Waals surface area contributed by atoms with Crippen LogP contribution in [0.25, 0.3) is 5.57 Å². The van der Waals surface area contributed by atoms with Crippen LogP contribution in [0.4, 0.5) is 0 Å². The first kappa shape index (κ1) is 42.0. The molecule has 0 aliphatic carbocycles. The van der Waals surface area contributed by atoms with Gasteiger partial charge < -0.3 is 0 Å². The van der Waals surface area contributed by atoms with Gasteiger partial charge in [0.2, 0.25) is 0 Å². The number of benzene rings is 4. The second kappa shape index (κ2) is 14.6. The van der Waals surface area contributed by atoms with Gasteiger partial charge in [-0.25, -0.2) is 0 Å². The van der Waals surface area contributed by atoms with E-state index in [1.165, 1.54) is 38.9 Å². The van der Waals surface area contributed by atoms with Crippen LogP contribution in [0.3, 0.4) is 0 Å². The molecule has 0 N–H and O–H groups in total. The molecule has 3 heteroatoms. The van der Waals surface area contributed by atoms with Crippen molar-refractivity contribution in [2.24, 2.45) is 0 Å². The molecule has 0 bridgehead atoms. The maximum atomic E-state index is 8.61. The number of rotatable bonds is 6. The second-order valence-corrected chi connectivity index (χ2v) is 33.8. The zero-order valence-corrected chi connectivity index (χ0v) is 40.4. The van der Waals surface area contributed by atoms with Crippen LogP contribution in [0.2, 0.25) is 4.25 Å².